The number of hydrogen-bond acceptors (Lipinski definition) is 5. The number of piperidine rings is 2. The average molecular weight is 677 g/mol. The van der Waals surface area contributed by atoms with Gasteiger partial charge in [-0.2, -0.15) is 30.6 Å². The van der Waals surface area contributed by atoms with Crippen molar-refractivity contribution in [2.24, 2.45) is 0 Å². The molecule has 238 valence electrons. The number of likely N-dealkylation sites (tertiary alicyclic amines) is 1. The van der Waals surface area contributed by atoms with Crippen LogP contribution in [-0.4, -0.2) is 67.5 Å². The summed E-state index contributed by atoms with van der Waals surface area (Å²) >= 11 is 11.9. The van der Waals surface area contributed by atoms with Crippen molar-refractivity contribution in [2.45, 2.75) is 61.0 Å². The molecule has 2 aliphatic rings. The van der Waals surface area contributed by atoms with E-state index >= 15 is 0 Å². The van der Waals surface area contributed by atoms with Crippen molar-refractivity contribution >= 4 is 39.1 Å². The zero-order valence-corrected chi connectivity index (χ0v) is 24.8. The number of aliphatic hydroxyl groups is 1. The van der Waals surface area contributed by atoms with Crippen molar-refractivity contribution in [3.8, 4) is 0 Å². The molecule has 0 aliphatic carbocycles. The van der Waals surface area contributed by atoms with Crippen molar-refractivity contribution in [1.29, 1.82) is 0 Å². The summed E-state index contributed by atoms with van der Waals surface area (Å²) in [7, 11) is -4.43. The normalized spacial score (nSPS) is 20.3. The van der Waals surface area contributed by atoms with Crippen LogP contribution in [0.3, 0.4) is 0 Å². The molecule has 2 aliphatic heterocycles. The fourth-order valence-electron chi connectivity index (χ4n) is 5.32. The second-order valence-corrected chi connectivity index (χ2v) is 13.2. The summed E-state index contributed by atoms with van der Waals surface area (Å²) in [5.41, 5.74) is -3.51. The number of sulfonamides is 1. The van der Waals surface area contributed by atoms with Crippen LogP contribution >= 0.6 is 23.2 Å². The van der Waals surface area contributed by atoms with Crippen LogP contribution in [0.15, 0.2) is 41.3 Å². The van der Waals surface area contributed by atoms with Gasteiger partial charge in [-0.05, 0) is 55.5 Å². The van der Waals surface area contributed by atoms with Crippen LogP contribution < -0.4 is 0 Å². The van der Waals surface area contributed by atoms with Gasteiger partial charge in [0.25, 0.3) is 0 Å². The Bertz CT molecular complexity index is 1420. The minimum atomic E-state index is -4.78. The number of carbonyl (C=O) groups excluding carboxylic acids is 1. The monoisotopic (exact) mass is 676 g/mol. The highest BCUT2D eigenvalue weighted by molar-refractivity contribution is 7.89. The molecule has 43 heavy (non-hydrogen) atoms. The molecule has 2 heterocycles. The van der Waals surface area contributed by atoms with E-state index in [-0.39, 0.29) is 44.6 Å². The lowest BCUT2D eigenvalue weighted by molar-refractivity contribution is -0.141. The number of nitrogens with zero attached hydrogens (tertiary/aromatic N) is 2. The maximum Gasteiger partial charge on any atom is 0.416 e. The Kier molecular flexibility index (Phi) is 9.99. The third-order valence-electron chi connectivity index (χ3n) is 7.67. The summed E-state index contributed by atoms with van der Waals surface area (Å²) in [5, 5.41) is 9.66. The quantitative estimate of drug-likeness (QED) is 0.358. The topological polar surface area (TPSA) is 87.2 Å². The fourth-order valence-corrected chi connectivity index (χ4v) is 8.16. The third-order valence-corrected chi connectivity index (χ3v) is 10.5. The maximum absolute atomic E-state index is 13.5. The minimum Gasteiger partial charge on any atom is -0.385 e. The molecule has 2 aromatic rings. The lowest BCUT2D eigenvalue weighted by Crippen LogP contribution is -2.48. The first-order valence-corrected chi connectivity index (χ1v) is 15.5. The van der Waals surface area contributed by atoms with Gasteiger partial charge < -0.3 is 14.7 Å². The van der Waals surface area contributed by atoms with Crippen molar-refractivity contribution < 1.29 is 49.4 Å². The summed E-state index contributed by atoms with van der Waals surface area (Å²) in [6.07, 6.45) is -7.86. The highest BCUT2D eigenvalue weighted by atomic mass is 35.5. The van der Waals surface area contributed by atoms with E-state index in [0.717, 1.165) is 16.4 Å². The number of carbonyl (C=O) groups is 1. The summed E-state index contributed by atoms with van der Waals surface area (Å²) in [6.45, 7) is -0.456. The second-order valence-electron chi connectivity index (χ2n) is 10.5. The lowest BCUT2D eigenvalue weighted by Gasteiger charge is -2.39. The fraction of sp³-hybridized carbons (Fsp3) is 0.519. The highest BCUT2D eigenvalue weighted by Crippen LogP contribution is 2.40. The van der Waals surface area contributed by atoms with Crippen LogP contribution in [0.2, 0.25) is 10.0 Å². The van der Waals surface area contributed by atoms with E-state index in [1.165, 1.54) is 17.0 Å². The molecule has 0 aromatic heterocycles. The Balaban J connectivity index is 1.37. The van der Waals surface area contributed by atoms with Crippen molar-refractivity contribution in [1.82, 2.24) is 9.21 Å². The molecule has 7 nitrogen and oxygen atoms in total. The van der Waals surface area contributed by atoms with E-state index in [2.05, 4.69) is 0 Å². The molecule has 4 rings (SSSR count). The molecule has 2 aromatic carbocycles. The Morgan fingerprint density at radius 1 is 0.953 bits per heavy atom. The summed E-state index contributed by atoms with van der Waals surface area (Å²) < 4.78 is 112. The highest BCUT2D eigenvalue weighted by Gasteiger charge is 2.40. The zero-order valence-electron chi connectivity index (χ0n) is 22.5. The van der Waals surface area contributed by atoms with Crippen LogP contribution in [0.4, 0.5) is 26.3 Å². The van der Waals surface area contributed by atoms with Gasteiger partial charge in [0.2, 0.25) is 15.9 Å². The summed E-state index contributed by atoms with van der Waals surface area (Å²) in [6, 6.07) is 4.69. The van der Waals surface area contributed by atoms with E-state index in [4.69, 9.17) is 27.9 Å². The van der Waals surface area contributed by atoms with Crippen molar-refractivity contribution in [3.63, 3.8) is 0 Å². The molecular formula is C27H28Cl2F6N2O5S. The first-order valence-electron chi connectivity index (χ1n) is 13.3. The number of rotatable bonds is 7. The predicted octanol–water partition coefficient (Wildman–Crippen LogP) is 6.10. The SMILES string of the molecule is O=C(COCC1CCCCN1S(=O)(=O)c1c(Cl)cc(C(F)(F)F)cc1Cl)N1CCC(O)(c2cccc(C(F)(F)F)c2)CC1. The molecule has 0 spiro atoms. The lowest BCUT2D eigenvalue weighted by atomic mass is 9.83. The Hall–Kier alpha value is -2.10. The first-order chi connectivity index (χ1) is 19.9. The van der Waals surface area contributed by atoms with Crippen LogP contribution in [0.5, 0.6) is 0 Å². The molecular weight excluding hydrogens is 649 g/mol. The van der Waals surface area contributed by atoms with Crippen LogP contribution in [0, 0.1) is 0 Å². The standard InChI is InChI=1S/C27H28Cl2F6N2O5S/c28-21-13-19(27(33,34)35)14-22(29)24(21)43(40,41)37-9-2-1-6-20(37)15-42-16-23(38)36-10-7-25(39,8-11-36)17-4-3-5-18(12-17)26(30,31)32/h3-5,12-14,20,39H,1-2,6-11,15-16H2. The molecule has 1 unspecified atom stereocenters. The van der Waals surface area contributed by atoms with Gasteiger partial charge in [0.1, 0.15) is 11.5 Å². The van der Waals surface area contributed by atoms with Gasteiger partial charge >= 0.3 is 12.4 Å². The van der Waals surface area contributed by atoms with Gasteiger partial charge in [-0.3, -0.25) is 4.79 Å². The largest absolute Gasteiger partial charge is 0.416 e. The van der Waals surface area contributed by atoms with Gasteiger partial charge in [-0.25, -0.2) is 8.42 Å². The average Bonchev–Trinajstić information content (AvgIpc) is 2.92. The second kappa shape index (κ2) is 12.7. The van der Waals surface area contributed by atoms with E-state index in [0.29, 0.717) is 31.4 Å². The molecule has 2 fully saturated rings. The molecule has 2 saturated heterocycles. The Morgan fingerprint density at radius 3 is 2.14 bits per heavy atom. The van der Waals surface area contributed by atoms with Crippen molar-refractivity contribution in [2.75, 3.05) is 32.8 Å². The predicted molar refractivity (Wildman–Crippen MR) is 145 cm³/mol. The number of ether oxygens (including phenoxy) is 1. The number of hydrogen-bond donors (Lipinski definition) is 1. The zero-order chi connectivity index (χ0) is 31.8. The van der Waals surface area contributed by atoms with Crippen LogP contribution in [-0.2, 0) is 37.5 Å². The maximum atomic E-state index is 13.5. The van der Waals surface area contributed by atoms with Gasteiger partial charge in [-0.1, -0.05) is 41.8 Å². The number of amides is 1. The van der Waals surface area contributed by atoms with Gasteiger partial charge in [0, 0.05) is 25.7 Å². The molecule has 1 atom stereocenters. The smallest absolute Gasteiger partial charge is 0.385 e. The van der Waals surface area contributed by atoms with Crippen LogP contribution in [0.1, 0.15) is 48.8 Å². The van der Waals surface area contributed by atoms with Gasteiger partial charge in [-0.15, -0.1) is 0 Å². The van der Waals surface area contributed by atoms with E-state index < -0.39 is 72.6 Å². The third kappa shape index (κ3) is 7.59. The number of benzene rings is 2. The van der Waals surface area contributed by atoms with Gasteiger partial charge in [0.15, 0.2) is 0 Å². The Morgan fingerprint density at radius 2 is 1.56 bits per heavy atom. The first kappa shape index (κ1) is 33.8. The van der Waals surface area contributed by atoms with E-state index in [1.807, 2.05) is 0 Å². The molecule has 0 radical (unpaired) electrons. The minimum absolute atomic E-state index is 0.00332. The molecule has 0 bridgehead atoms. The molecule has 1 N–H and O–H groups in total. The van der Waals surface area contributed by atoms with Gasteiger partial charge in [0.05, 0.1) is 33.4 Å². The summed E-state index contributed by atoms with van der Waals surface area (Å²) in [4.78, 5) is 13.5. The molecule has 0 saturated carbocycles. The molecule has 1 amide bonds. The molecule has 16 heteroatoms. The van der Waals surface area contributed by atoms with Crippen molar-refractivity contribution in [3.05, 3.63) is 63.1 Å². The number of alkyl halides is 6. The summed E-state index contributed by atoms with van der Waals surface area (Å²) in [5.74, 6) is -0.454. The number of halogens is 8. The van der Waals surface area contributed by atoms with E-state index in [9.17, 15) is 44.7 Å². The Labute approximate surface area is 254 Å². The van der Waals surface area contributed by atoms with E-state index in [1.54, 1.807) is 0 Å². The van der Waals surface area contributed by atoms with Crippen LogP contribution in [0.25, 0.3) is 0 Å².